The average Bonchev–Trinajstić information content (AvgIpc) is 2.95. The Balaban J connectivity index is 2.17. The fourth-order valence-electron chi connectivity index (χ4n) is 2.57. The minimum atomic E-state index is -3.82. The van der Waals surface area contributed by atoms with E-state index >= 15 is 0 Å². The number of rotatable bonds is 6. The summed E-state index contributed by atoms with van der Waals surface area (Å²) in [7, 11) is 0.0388. The third-order valence-corrected chi connectivity index (χ3v) is 6.02. The lowest BCUT2D eigenvalue weighted by Gasteiger charge is -2.10. The maximum atomic E-state index is 13.1. The van der Waals surface area contributed by atoms with Gasteiger partial charge in [0.25, 0.3) is 10.0 Å². The standard InChI is InChI=1S/C18H18Cl2N2O3S/c1-21(2)8-9-25-17-12-22(18-15(17)10-13(19)11-16(18)20)26(23,24)14-6-4-3-5-7-14/h3-7,10-12H,8-9H2,1-2H3. The molecule has 0 saturated carbocycles. The number of ether oxygens (including phenoxy) is 1. The SMILES string of the molecule is CN(C)CCOc1cn(S(=O)(=O)c2ccccc2)c2c(Cl)cc(Cl)cc12. The van der Waals surface area contributed by atoms with Crippen molar-refractivity contribution in [2.24, 2.45) is 0 Å². The van der Waals surface area contributed by atoms with Gasteiger partial charge >= 0.3 is 0 Å². The van der Waals surface area contributed by atoms with Crippen molar-refractivity contribution in [2.75, 3.05) is 27.2 Å². The van der Waals surface area contributed by atoms with Gasteiger partial charge in [0.15, 0.2) is 0 Å². The lowest BCUT2D eigenvalue weighted by molar-refractivity contribution is 0.263. The molecule has 0 aliphatic heterocycles. The molecule has 26 heavy (non-hydrogen) atoms. The largest absolute Gasteiger partial charge is 0.490 e. The molecule has 5 nitrogen and oxygen atoms in total. The maximum absolute atomic E-state index is 13.1. The Hall–Kier alpha value is -1.73. The van der Waals surface area contributed by atoms with Gasteiger partial charge in [0.2, 0.25) is 0 Å². The Bertz CT molecular complexity index is 1030. The summed E-state index contributed by atoms with van der Waals surface area (Å²) in [5, 5.41) is 1.21. The van der Waals surface area contributed by atoms with Gasteiger partial charge in [-0.15, -0.1) is 0 Å². The highest BCUT2D eigenvalue weighted by molar-refractivity contribution is 7.90. The quantitative estimate of drug-likeness (QED) is 0.610. The van der Waals surface area contributed by atoms with Crippen molar-refractivity contribution in [2.45, 2.75) is 4.90 Å². The lowest BCUT2D eigenvalue weighted by atomic mass is 10.2. The number of hydrogen-bond acceptors (Lipinski definition) is 4. The van der Waals surface area contributed by atoms with Crippen molar-refractivity contribution >= 4 is 44.1 Å². The van der Waals surface area contributed by atoms with Crippen molar-refractivity contribution in [3.05, 3.63) is 58.7 Å². The zero-order chi connectivity index (χ0) is 18.9. The fourth-order valence-corrected chi connectivity index (χ4v) is 4.60. The topological polar surface area (TPSA) is 51.5 Å². The van der Waals surface area contributed by atoms with Gasteiger partial charge in [0.1, 0.15) is 12.4 Å². The van der Waals surface area contributed by atoms with Crippen LogP contribution >= 0.6 is 23.2 Å². The first-order valence-corrected chi connectivity index (χ1v) is 10.1. The minimum absolute atomic E-state index is 0.169. The van der Waals surface area contributed by atoms with Crippen LogP contribution in [0.15, 0.2) is 53.6 Å². The third-order valence-electron chi connectivity index (χ3n) is 3.84. The second kappa shape index (κ2) is 7.48. The van der Waals surface area contributed by atoms with Crippen molar-refractivity contribution in [3.8, 4) is 5.75 Å². The van der Waals surface area contributed by atoms with Gasteiger partial charge in [-0.05, 0) is 38.4 Å². The molecule has 1 aromatic heterocycles. The summed E-state index contributed by atoms with van der Waals surface area (Å²) in [4.78, 5) is 2.14. The van der Waals surface area contributed by atoms with E-state index in [0.29, 0.717) is 34.8 Å². The molecule has 0 spiro atoms. The molecule has 0 atom stereocenters. The van der Waals surface area contributed by atoms with Crippen LogP contribution in [0, 0.1) is 0 Å². The van der Waals surface area contributed by atoms with E-state index in [4.69, 9.17) is 27.9 Å². The van der Waals surface area contributed by atoms with Crippen LogP contribution in [0.5, 0.6) is 5.75 Å². The van der Waals surface area contributed by atoms with Gasteiger partial charge in [0.05, 0.1) is 21.6 Å². The first kappa shape index (κ1) is 19.0. The summed E-state index contributed by atoms with van der Waals surface area (Å²) < 4.78 is 33.1. The van der Waals surface area contributed by atoms with Crippen LogP contribution in [-0.2, 0) is 10.0 Å². The highest BCUT2D eigenvalue weighted by Gasteiger charge is 2.24. The van der Waals surface area contributed by atoms with E-state index in [2.05, 4.69) is 0 Å². The van der Waals surface area contributed by atoms with Crippen molar-refractivity contribution in [1.29, 1.82) is 0 Å². The number of aromatic nitrogens is 1. The minimum Gasteiger partial charge on any atom is -0.490 e. The Morgan fingerprint density at radius 3 is 2.46 bits per heavy atom. The average molecular weight is 413 g/mol. The molecule has 8 heteroatoms. The molecule has 0 amide bonds. The zero-order valence-corrected chi connectivity index (χ0v) is 16.6. The van der Waals surface area contributed by atoms with Crippen LogP contribution in [-0.4, -0.2) is 44.5 Å². The summed E-state index contributed by atoms with van der Waals surface area (Å²) in [5.41, 5.74) is 0.347. The Kier molecular flexibility index (Phi) is 5.48. The summed E-state index contributed by atoms with van der Waals surface area (Å²) in [6.45, 7) is 1.09. The van der Waals surface area contributed by atoms with E-state index < -0.39 is 10.0 Å². The van der Waals surface area contributed by atoms with E-state index in [1.165, 1.54) is 24.4 Å². The highest BCUT2D eigenvalue weighted by atomic mass is 35.5. The monoisotopic (exact) mass is 412 g/mol. The predicted octanol–water partition coefficient (Wildman–Crippen LogP) is 4.13. The summed E-state index contributed by atoms with van der Waals surface area (Å²) in [5.74, 6) is 0.422. The predicted molar refractivity (Wildman–Crippen MR) is 105 cm³/mol. The molecule has 0 aliphatic rings. The Labute approximate surface area is 162 Å². The molecular formula is C18H18Cl2N2O3S. The molecule has 1 heterocycles. The summed E-state index contributed by atoms with van der Waals surface area (Å²) in [6, 6.07) is 11.4. The molecule has 138 valence electrons. The van der Waals surface area contributed by atoms with Crippen molar-refractivity contribution < 1.29 is 13.2 Å². The molecular weight excluding hydrogens is 395 g/mol. The van der Waals surface area contributed by atoms with Gasteiger partial charge in [-0.25, -0.2) is 12.4 Å². The van der Waals surface area contributed by atoms with Gasteiger partial charge in [0, 0.05) is 17.0 Å². The van der Waals surface area contributed by atoms with Crippen LogP contribution in [0.25, 0.3) is 10.9 Å². The fraction of sp³-hybridized carbons (Fsp3) is 0.222. The third kappa shape index (κ3) is 3.69. The van der Waals surface area contributed by atoms with Crippen molar-refractivity contribution in [3.63, 3.8) is 0 Å². The van der Waals surface area contributed by atoms with Crippen LogP contribution in [0.3, 0.4) is 0 Å². The second-order valence-electron chi connectivity index (χ2n) is 6.04. The molecule has 0 N–H and O–H groups in total. The summed E-state index contributed by atoms with van der Waals surface area (Å²) in [6.07, 6.45) is 1.45. The van der Waals surface area contributed by atoms with Crippen LogP contribution in [0.4, 0.5) is 0 Å². The maximum Gasteiger partial charge on any atom is 0.268 e. The van der Waals surface area contributed by atoms with Gasteiger partial charge in [-0.2, -0.15) is 0 Å². The van der Waals surface area contributed by atoms with E-state index in [-0.39, 0.29) is 9.92 Å². The first-order chi connectivity index (χ1) is 12.3. The number of benzene rings is 2. The molecule has 2 aromatic carbocycles. The van der Waals surface area contributed by atoms with E-state index in [1.807, 2.05) is 19.0 Å². The lowest BCUT2D eigenvalue weighted by Crippen LogP contribution is -2.19. The first-order valence-electron chi connectivity index (χ1n) is 7.89. The van der Waals surface area contributed by atoms with Gasteiger partial charge in [-0.3, -0.25) is 0 Å². The number of likely N-dealkylation sites (N-methyl/N-ethyl adjacent to an activating group) is 1. The summed E-state index contributed by atoms with van der Waals surface area (Å²) >= 11 is 12.4. The van der Waals surface area contributed by atoms with E-state index in [0.717, 1.165) is 3.97 Å². The van der Waals surface area contributed by atoms with E-state index in [1.54, 1.807) is 24.3 Å². The molecule has 0 aliphatic carbocycles. The number of hydrogen-bond donors (Lipinski definition) is 0. The van der Waals surface area contributed by atoms with Crippen LogP contribution in [0.1, 0.15) is 0 Å². The Morgan fingerprint density at radius 1 is 1.12 bits per heavy atom. The Morgan fingerprint density at radius 2 is 1.81 bits per heavy atom. The normalized spacial score (nSPS) is 12.0. The highest BCUT2D eigenvalue weighted by Crippen LogP contribution is 2.37. The molecule has 0 fully saturated rings. The molecule has 0 radical (unpaired) electrons. The molecule has 3 rings (SSSR count). The molecule has 3 aromatic rings. The number of halogens is 2. The molecule has 0 saturated heterocycles. The van der Waals surface area contributed by atoms with Gasteiger partial charge in [-0.1, -0.05) is 41.4 Å². The number of nitrogens with zero attached hydrogens (tertiary/aromatic N) is 2. The van der Waals surface area contributed by atoms with Crippen LogP contribution < -0.4 is 4.74 Å². The zero-order valence-electron chi connectivity index (χ0n) is 14.3. The van der Waals surface area contributed by atoms with Gasteiger partial charge < -0.3 is 9.64 Å². The van der Waals surface area contributed by atoms with Crippen molar-refractivity contribution in [1.82, 2.24) is 8.87 Å². The molecule has 0 bridgehead atoms. The van der Waals surface area contributed by atoms with E-state index in [9.17, 15) is 8.42 Å². The smallest absolute Gasteiger partial charge is 0.268 e. The second-order valence-corrected chi connectivity index (χ2v) is 8.70. The molecule has 0 unspecified atom stereocenters. The number of fused-ring (bicyclic) bond motifs is 1. The van der Waals surface area contributed by atoms with Crippen LogP contribution in [0.2, 0.25) is 10.0 Å².